The monoisotopic (exact) mass is 280 g/mol. The van der Waals surface area contributed by atoms with Crippen molar-refractivity contribution < 1.29 is 0 Å². The van der Waals surface area contributed by atoms with E-state index in [-0.39, 0.29) is 5.95 Å². The van der Waals surface area contributed by atoms with Crippen LogP contribution in [0.5, 0.6) is 0 Å². The van der Waals surface area contributed by atoms with Crippen LogP contribution in [-0.4, -0.2) is 9.97 Å². The number of nitrogens with one attached hydrogen (secondary N) is 2. The number of rotatable bonds is 4. The van der Waals surface area contributed by atoms with Gasteiger partial charge in [0.2, 0.25) is 5.95 Å². The number of hydrazine groups is 1. The number of aromatic nitrogens is 2. The summed E-state index contributed by atoms with van der Waals surface area (Å²) in [6, 6.07) is 16.2. The van der Waals surface area contributed by atoms with Gasteiger partial charge in [0.05, 0.1) is 0 Å². The maximum absolute atomic E-state index is 5.64. The van der Waals surface area contributed by atoms with Crippen molar-refractivity contribution in [2.45, 2.75) is 6.54 Å². The summed E-state index contributed by atoms with van der Waals surface area (Å²) in [5.41, 5.74) is 9.29. The molecule has 3 rings (SSSR count). The molecule has 0 spiro atoms. The molecule has 2 aromatic carbocycles. The van der Waals surface area contributed by atoms with E-state index < -0.39 is 0 Å². The molecule has 0 saturated carbocycles. The van der Waals surface area contributed by atoms with Crippen molar-refractivity contribution in [3.05, 3.63) is 54.1 Å². The summed E-state index contributed by atoms with van der Waals surface area (Å²) in [4.78, 5) is 8.08. The van der Waals surface area contributed by atoms with Crippen molar-refractivity contribution in [2.24, 2.45) is 5.84 Å². The maximum atomic E-state index is 5.64. The molecule has 0 unspecified atom stereocenters. The van der Waals surface area contributed by atoms with Gasteiger partial charge in [-0.25, -0.2) is 5.84 Å². The van der Waals surface area contributed by atoms with Gasteiger partial charge >= 0.3 is 0 Å². The van der Waals surface area contributed by atoms with E-state index in [9.17, 15) is 0 Å². The molecule has 21 heavy (non-hydrogen) atoms. The Hall–Kier alpha value is -2.86. The fourth-order valence-corrected chi connectivity index (χ4v) is 2.26. The number of fused-ring (bicyclic) bond motifs is 1. The molecule has 0 fully saturated rings. The van der Waals surface area contributed by atoms with Crippen LogP contribution < -0.4 is 22.3 Å². The molecule has 106 valence electrons. The van der Waals surface area contributed by atoms with Crippen molar-refractivity contribution in [2.75, 3.05) is 16.5 Å². The zero-order chi connectivity index (χ0) is 14.7. The minimum absolute atomic E-state index is 0.172. The lowest BCUT2D eigenvalue weighted by molar-refractivity contribution is 1.09. The van der Waals surface area contributed by atoms with Crippen LogP contribution in [0.15, 0.2) is 48.5 Å². The van der Waals surface area contributed by atoms with Gasteiger partial charge in [0.25, 0.3) is 0 Å². The van der Waals surface area contributed by atoms with Gasteiger partial charge in [-0.3, -0.25) is 0 Å². The number of nitrogens with two attached hydrogens (primary N) is 2. The molecule has 0 aliphatic heterocycles. The van der Waals surface area contributed by atoms with Crippen LogP contribution in [0.3, 0.4) is 0 Å². The molecule has 6 N–H and O–H groups in total. The molecule has 3 aromatic rings. The third-order valence-electron chi connectivity index (χ3n) is 3.23. The molecule has 0 aliphatic carbocycles. The second kappa shape index (κ2) is 5.64. The molecule has 0 radical (unpaired) electrons. The van der Waals surface area contributed by atoms with Gasteiger partial charge < -0.3 is 16.5 Å². The van der Waals surface area contributed by atoms with E-state index in [1.54, 1.807) is 6.07 Å². The van der Waals surface area contributed by atoms with Crippen LogP contribution in [-0.2, 0) is 6.54 Å². The van der Waals surface area contributed by atoms with E-state index in [0.717, 1.165) is 0 Å². The Morgan fingerprint density at radius 1 is 0.952 bits per heavy atom. The second-order valence-corrected chi connectivity index (χ2v) is 4.63. The van der Waals surface area contributed by atoms with Crippen molar-refractivity contribution in [1.29, 1.82) is 0 Å². The molecule has 6 heteroatoms. The lowest BCUT2D eigenvalue weighted by atomic mass is 10.0. The Morgan fingerprint density at radius 2 is 1.71 bits per heavy atom. The summed E-state index contributed by atoms with van der Waals surface area (Å²) in [5, 5.41) is 5.67. The Balaban J connectivity index is 1.85. The van der Waals surface area contributed by atoms with Gasteiger partial charge in [0.15, 0.2) is 0 Å². The highest BCUT2D eigenvalue weighted by Gasteiger charge is 2.03. The molecule has 0 aliphatic rings. The molecule has 0 saturated heterocycles. The van der Waals surface area contributed by atoms with Gasteiger partial charge in [-0.05, 0) is 16.3 Å². The third-order valence-corrected chi connectivity index (χ3v) is 3.23. The van der Waals surface area contributed by atoms with Crippen molar-refractivity contribution in [3.63, 3.8) is 0 Å². The first-order valence-electron chi connectivity index (χ1n) is 6.58. The molecule has 0 atom stereocenters. The summed E-state index contributed by atoms with van der Waals surface area (Å²) in [7, 11) is 0. The Morgan fingerprint density at radius 3 is 2.57 bits per heavy atom. The molecule has 0 amide bonds. The van der Waals surface area contributed by atoms with Crippen LogP contribution in [0.25, 0.3) is 10.8 Å². The molecule has 0 bridgehead atoms. The molecular weight excluding hydrogens is 264 g/mol. The average molecular weight is 280 g/mol. The van der Waals surface area contributed by atoms with Crippen LogP contribution >= 0.6 is 0 Å². The summed E-state index contributed by atoms with van der Waals surface area (Å²) in [6.45, 7) is 0.641. The summed E-state index contributed by atoms with van der Waals surface area (Å²) < 4.78 is 0. The maximum Gasteiger partial charge on any atom is 0.223 e. The smallest absolute Gasteiger partial charge is 0.223 e. The molecule has 1 heterocycles. The highest BCUT2D eigenvalue weighted by atomic mass is 15.3. The fourth-order valence-electron chi connectivity index (χ4n) is 2.26. The summed E-state index contributed by atoms with van der Waals surface area (Å²) in [5.74, 6) is 6.62. The lowest BCUT2D eigenvalue weighted by Crippen LogP contribution is -2.12. The van der Waals surface area contributed by atoms with Crippen molar-refractivity contribution >= 4 is 28.4 Å². The minimum atomic E-state index is 0.172. The first kappa shape index (κ1) is 13.1. The normalized spacial score (nSPS) is 10.5. The quantitative estimate of drug-likeness (QED) is 0.431. The second-order valence-electron chi connectivity index (χ2n) is 4.63. The van der Waals surface area contributed by atoms with Gasteiger partial charge in [-0.15, -0.1) is 0 Å². The van der Waals surface area contributed by atoms with E-state index in [0.29, 0.717) is 18.2 Å². The van der Waals surface area contributed by atoms with Crippen LogP contribution in [0, 0.1) is 0 Å². The topological polar surface area (TPSA) is 102 Å². The number of nitrogen functional groups attached to an aromatic ring is 2. The lowest BCUT2D eigenvalue weighted by Gasteiger charge is -2.10. The first-order chi connectivity index (χ1) is 10.3. The fraction of sp³-hybridized carbons (Fsp3) is 0.0667. The highest BCUT2D eigenvalue weighted by Crippen LogP contribution is 2.20. The van der Waals surface area contributed by atoms with Crippen LogP contribution in [0.2, 0.25) is 0 Å². The van der Waals surface area contributed by atoms with Gasteiger partial charge in [-0.1, -0.05) is 42.5 Å². The van der Waals surface area contributed by atoms with Gasteiger partial charge in [-0.2, -0.15) is 9.97 Å². The van der Waals surface area contributed by atoms with E-state index in [1.807, 2.05) is 18.2 Å². The molecule has 1 aromatic heterocycles. The number of nitrogens with zero attached hydrogens (tertiary/aromatic N) is 2. The summed E-state index contributed by atoms with van der Waals surface area (Å²) >= 11 is 0. The van der Waals surface area contributed by atoms with Crippen molar-refractivity contribution in [1.82, 2.24) is 9.97 Å². The average Bonchev–Trinajstić information content (AvgIpc) is 2.52. The third kappa shape index (κ3) is 2.85. The van der Waals surface area contributed by atoms with E-state index in [4.69, 9.17) is 11.6 Å². The van der Waals surface area contributed by atoms with Crippen LogP contribution in [0.4, 0.5) is 17.6 Å². The summed E-state index contributed by atoms with van der Waals surface area (Å²) in [6.07, 6.45) is 0. The van der Waals surface area contributed by atoms with Gasteiger partial charge in [0, 0.05) is 12.6 Å². The van der Waals surface area contributed by atoms with Gasteiger partial charge in [0.1, 0.15) is 11.6 Å². The SMILES string of the molecule is NNc1cc(NCc2cccc3ccccc23)nc(N)n1. The van der Waals surface area contributed by atoms with Crippen LogP contribution in [0.1, 0.15) is 5.56 Å². The zero-order valence-electron chi connectivity index (χ0n) is 11.4. The Bertz CT molecular complexity index is 766. The van der Waals surface area contributed by atoms with Crippen molar-refractivity contribution in [3.8, 4) is 0 Å². The molecule has 6 nitrogen and oxygen atoms in total. The number of benzene rings is 2. The standard InChI is InChI=1S/C15H16N6/c16-15-19-13(8-14(20-15)21-17)18-9-11-6-3-5-10-4-1-2-7-12(10)11/h1-8H,9,17H2,(H4,16,18,19,20,21). The Labute approximate surface area is 122 Å². The Kier molecular flexibility index (Phi) is 3.53. The van der Waals surface area contributed by atoms with E-state index >= 15 is 0 Å². The van der Waals surface area contributed by atoms with E-state index in [2.05, 4.69) is 45.0 Å². The highest BCUT2D eigenvalue weighted by molar-refractivity contribution is 5.85. The first-order valence-corrected chi connectivity index (χ1v) is 6.58. The number of hydrogen-bond donors (Lipinski definition) is 4. The molecular formula is C15H16N6. The van der Waals surface area contributed by atoms with E-state index in [1.165, 1.54) is 16.3 Å². The number of hydrogen-bond acceptors (Lipinski definition) is 6. The minimum Gasteiger partial charge on any atom is -0.368 e. The predicted octanol–water partition coefficient (Wildman–Crippen LogP) is 2.11. The largest absolute Gasteiger partial charge is 0.368 e. The zero-order valence-corrected chi connectivity index (χ0v) is 11.4. The predicted molar refractivity (Wildman–Crippen MR) is 85.5 cm³/mol. The number of anilines is 3.